The van der Waals surface area contributed by atoms with E-state index in [1.807, 2.05) is 7.05 Å². The number of halogens is 1. The molecule has 2 aromatic rings. The van der Waals surface area contributed by atoms with Crippen molar-refractivity contribution < 1.29 is 4.39 Å². The topological polar surface area (TPSA) is 49.8 Å². The van der Waals surface area contributed by atoms with Crippen molar-refractivity contribution in [1.82, 2.24) is 15.3 Å². The van der Waals surface area contributed by atoms with Crippen LogP contribution in [-0.4, -0.2) is 30.1 Å². The molecule has 0 saturated heterocycles. The van der Waals surface area contributed by atoms with Gasteiger partial charge in [0, 0.05) is 32.0 Å². The molecule has 1 aromatic heterocycles. The molecule has 0 bridgehead atoms. The van der Waals surface area contributed by atoms with E-state index in [0.717, 1.165) is 48.8 Å². The lowest BCUT2D eigenvalue weighted by Crippen LogP contribution is -2.16. The Morgan fingerprint density at radius 2 is 1.90 bits per heavy atom. The van der Waals surface area contributed by atoms with Gasteiger partial charge >= 0.3 is 0 Å². The van der Waals surface area contributed by atoms with Gasteiger partial charge in [0.2, 0.25) is 0 Å². The fraction of sp³-hybridized carbons (Fsp3) is 0.375. The first kappa shape index (κ1) is 13.9. The van der Waals surface area contributed by atoms with Gasteiger partial charge in [-0.2, -0.15) is 0 Å². The molecule has 110 valence electrons. The summed E-state index contributed by atoms with van der Waals surface area (Å²) in [6.07, 6.45) is 2.49. The minimum absolute atomic E-state index is 0.219. The quantitative estimate of drug-likeness (QED) is 0.905. The molecule has 0 amide bonds. The minimum atomic E-state index is -0.219. The lowest BCUT2D eigenvalue weighted by Gasteiger charge is -2.12. The Morgan fingerprint density at radius 1 is 1.14 bits per heavy atom. The van der Waals surface area contributed by atoms with Gasteiger partial charge in [0.1, 0.15) is 17.5 Å². The van der Waals surface area contributed by atoms with E-state index in [9.17, 15) is 4.39 Å². The van der Waals surface area contributed by atoms with Crippen LogP contribution in [0.3, 0.4) is 0 Å². The monoisotopic (exact) mass is 286 g/mol. The Labute approximate surface area is 123 Å². The number of rotatable bonds is 3. The summed E-state index contributed by atoms with van der Waals surface area (Å²) in [6.45, 7) is 1.91. The number of hydrogen-bond donors (Lipinski definition) is 2. The number of hydrogen-bond acceptors (Lipinski definition) is 4. The van der Waals surface area contributed by atoms with Crippen molar-refractivity contribution >= 4 is 5.82 Å². The van der Waals surface area contributed by atoms with Gasteiger partial charge in [-0.3, -0.25) is 0 Å². The van der Waals surface area contributed by atoms with Gasteiger partial charge in [-0.05, 0) is 30.7 Å². The van der Waals surface area contributed by atoms with Gasteiger partial charge in [-0.15, -0.1) is 0 Å². The third kappa shape index (κ3) is 3.19. The third-order valence-corrected chi connectivity index (χ3v) is 3.74. The average molecular weight is 286 g/mol. The van der Waals surface area contributed by atoms with E-state index in [0.29, 0.717) is 6.42 Å². The van der Waals surface area contributed by atoms with Gasteiger partial charge in [-0.25, -0.2) is 14.4 Å². The van der Waals surface area contributed by atoms with Gasteiger partial charge in [0.25, 0.3) is 0 Å². The number of nitrogens with zero attached hydrogens (tertiary/aromatic N) is 2. The van der Waals surface area contributed by atoms with E-state index in [1.54, 1.807) is 12.1 Å². The van der Waals surface area contributed by atoms with Crippen LogP contribution in [0.5, 0.6) is 0 Å². The third-order valence-electron chi connectivity index (χ3n) is 3.74. The molecule has 0 atom stereocenters. The molecule has 0 unspecified atom stereocenters. The largest absolute Gasteiger partial charge is 0.373 e. The van der Waals surface area contributed by atoms with E-state index in [4.69, 9.17) is 4.98 Å². The summed E-state index contributed by atoms with van der Waals surface area (Å²) in [7, 11) is 1.89. The summed E-state index contributed by atoms with van der Waals surface area (Å²) >= 11 is 0. The molecule has 3 rings (SSSR count). The highest BCUT2D eigenvalue weighted by Crippen LogP contribution is 2.20. The van der Waals surface area contributed by atoms with Crippen LogP contribution in [0.4, 0.5) is 10.2 Å². The van der Waals surface area contributed by atoms with Crippen LogP contribution in [0, 0.1) is 5.82 Å². The molecular weight excluding hydrogens is 267 g/mol. The predicted octanol–water partition coefficient (Wildman–Crippen LogP) is 1.94. The van der Waals surface area contributed by atoms with Gasteiger partial charge < -0.3 is 10.6 Å². The van der Waals surface area contributed by atoms with E-state index in [1.165, 1.54) is 17.7 Å². The predicted molar refractivity (Wildman–Crippen MR) is 81.1 cm³/mol. The first-order valence-corrected chi connectivity index (χ1v) is 7.28. The SMILES string of the molecule is CNc1nc(Cc2ccc(F)cc2)nc2c1CCNCC2. The van der Waals surface area contributed by atoms with Crippen LogP contribution in [-0.2, 0) is 19.3 Å². The van der Waals surface area contributed by atoms with Crippen molar-refractivity contribution in [1.29, 1.82) is 0 Å². The number of anilines is 1. The van der Waals surface area contributed by atoms with Crippen LogP contribution < -0.4 is 10.6 Å². The molecule has 1 aliphatic rings. The molecule has 4 nitrogen and oxygen atoms in total. The Balaban J connectivity index is 1.92. The summed E-state index contributed by atoms with van der Waals surface area (Å²) < 4.78 is 13.0. The Kier molecular flexibility index (Phi) is 4.10. The van der Waals surface area contributed by atoms with Crippen LogP contribution in [0.2, 0.25) is 0 Å². The fourth-order valence-electron chi connectivity index (χ4n) is 2.67. The van der Waals surface area contributed by atoms with Gasteiger partial charge in [0.15, 0.2) is 0 Å². The molecule has 21 heavy (non-hydrogen) atoms. The Hall–Kier alpha value is -2.01. The first-order valence-electron chi connectivity index (χ1n) is 7.28. The molecule has 0 spiro atoms. The molecule has 1 aromatic carbocycles. The number of aromatic nitrogens is 2. The van der Waals surface area contributed by atoms with E-state index in [2.05, 4.69) is 15.6 Å². The van der Waals surface area contributed by atoms with Crippen LogP contribution in [0.15, 0.2) is 24.3 Å². The molecule has 0 aliphatic carbocycles. The maximum absolute atomic E-state index is 13.0. The van der Waals surface area contributed by atoms with Crippen LogP contribution >= 0.6 is 0 Å². The second-order valence-corrected chi connectivity index (χ2v) is 5.22. The van der Waals surface area contributed by atoms with E-state index in [-0.39, 0.29) is 5.82 Å². The second-order valence-electron chi connectivity index (χ2n) is 5.22. The summed E-state index contributed by atoms with van der Waals surface area (Å²) in [4.78, 5) is 9.33. The molecular formula is C16H19FN4. The van der Waals surface area contributed by atoms with Crippen molar-refractivity contribution in [2.75, 3.05) is 25.5 Å². The standard InChI is InChI=1S/C16H19FN4/c1-18-16-13-6-8-19-9-7-14(13)20-15(21-16)10-11-2-4-12(17)5-3-11/h2-5,19H,6-10H2,1H3,(H,18,20,21). The number of nitrogens with one attached hydrogen (secondary N) is 2. The average Bonchev–Trinajstić information content (AvgIpc) is 2.74. The first-order chi connectivity index (χ1) is 10.3. The van der Waals surface area contributed by atoms with Crippen molar-refractivity contribution in [2.24, 2.45) is 0 Å². The van der Waals surface area contributed by atoms with Gasteiger partial charge in [0.05, 0.1) is 5.69 Å². The maximum Gasteiger partial charge on any atom is 0.135 e. The van der Waals surface area contributed by atoms with E-state index >= 15 is 0 Å². The van der Waals surface area contributed by atoms with E-state index < -0.39 is 0 Å². The molecule has 5 heteroatoms. The summed E-state index contributed by atoms with van der Waals surface area (Å²) in [6, 6.07) is 6.51. The Bertz CT molecular complexity index is 625. The smallest absolute Gasteiger partial charge is 0.135 e. The zero-order valence-corrected chi connectivity index (χ0v) is 12.1. The Morgan fingerprint density at radius 3 is 2.67 bits per heavy atom. The van der Waals surface area contributed by atoms with Crippen molar-refractivity contribution in [3.05, 3.63) is 52.7 Å². The normalized spacial score (nSPS) is 14.4. The second kappa shape index (κ2) is 6.18. The minimum Gasteiger partial charge on any atom is -0.373 e. The molecule has 2 heterocycles. The number of fused-ring (bicyclic) bond motifs is 1. The zero-order valence-electron chi connectivity index (χ0n) is 12.1. The zero-order chi connectivity index (χ0) is 14.7. The van der Waals surface area contributed by atoms with Crippen molar-refractivity contribution in [2.45, 2.75) is 19.3 Å². The van der Waals surface area contributed by atoms with Crippen LogP contribution in [0.25, 0.3) is 0 Å². The lowest BCUT2D eigenvalue weighted by molar-refractivity contribution is 0.627. The van der Waals surface area contributed by atoms with Crippen molar-refractivity contribution in [3.63, 3.8) is 0 Å². The maximum atomic E-state index is 13.0. The highest BCUT2D eigenvalue weighted by Gasteiger charge is 2.16. The molecule has 2 N–H and O–H groups in total. The van der Waals surface area contributed by atoms with Crippen molar-refractivity contribution in [3.8, 4) is 0 Å². The summed E-state index contributed by atoms with van der Waals surface area (Å²) in [5.41, 5.74) is 3.35. The number of benzene rings is 1. The summed E-state index contributed by atoms with van der Waals surface area (Å²) in [5, 5.41) is 6.56. The molecule has 1 aliphatic heterocycles. The van der Waals surface area contributed by atoms with Gasteiger partial charge in [-0.1, -0.05) is 12.1 Å². The molecule has 0 saturated carbocycles. The highest BCUT2D eigenvalue weighted by molar-refractivity contribution is 5.47. The van der Waals surface area contributed by atoms with Crippen LogP contribution in [0.1, 0.15) is 22.6 Å². The fourth-order valence-corrected chi connectivity index (χ4v) is 2.67. The highest BCUT2D eigenvalue weighted by atomic mass is 19.1. The molecule has 0 fully saturated rings. The summed E-state index contributed by atoms with van der Waals surface area (Å²) in [5.74, 6) is 1.48. The molecule has 0 radical (unpaired) electrons. The lowest BCUT2D eigenvalue weighted by atomic mass is 10.1.